The molecule has 0 fully saturated rings. The Morgan fingerprint density at radius 3 is 2.76 bits per heavy atom. The van der Waals surface area contributed by atoms with Crippen molar-refractivity contribution in [3.05, 3.63) is 88.6 Å². The van der Waals surface area contributed by atoms with Crippen molar-refractivity contribution in [2.75, 3.05) is 6.54 Å². The van der Waals surface area contributed by atoms with Crippen LogP contribution in [0, 0.1) is 20.8 Å². The van der Waals surface area contributed by atoms with Crippen LogP contribution in [-0.4, -0.2) is 22.0 Å². The summed E-state index contributed by atoms with van der Waals surface area (Å²) < 4.78 is 7.84. The molecule has 29 heavy (non-hydrogen) atoms. The second kappa shape index (κ2) is 7.95. The first-order chi connectivity index (χ1) is 14.0. The highest BCUT2D eigenvalue weighted by atomic mass is 16.3. The SMILES string of the molecule is Cc1ccc(C)c(Cn2c(C(=O)NCCc3ccccn3)cc3oc(C)cc32)c1. The van der Waals surface area contributed by atoms with Gasteiger partial charge in [0, 0.05) is 43.5 Å². The van der Waals surface area contributed by atoms with Gasteiger partial charge in [0.1, 0.15) is 11.5 Å². The summed E-state index contributed by atoms with van der Waals surface area (Å²) in [4.78, 5) is 17.3. The molecule has 5 nitrogen and oxygen atoms in total. The maximum atomic E-state index is 13.0. The Bertz CT molecular complexity index is 1160. The number of nitrogens with zero attached hydrogens (tertiary/aromatic N) is 2. The lowest BCUT2D eigenvalue weighted by atomic mass is 10.1. The molecule has 0 aliphatic carbocycles. The van der Waals surface area contributed by atoms with Gasteiger partial charge in [-0.15, -0.1) is 0 Å². The number of benzene rings is 1. The minimum atomic E-state index is -0.102. The lowest BCUT2D eigenvalue weighted by Crippen LogP contribution is -2.28. The van der Waals surface area contributed by atoms with Crippen molar-refractivity contribution in [2.24, 2.45) is 0 Å². The maximum Gasteiger partial charge on any atom is 0.268 e. The van der Waals surface area contributed by atoms with E-state index in [1.807, 2.05) is 41.8 Å². The molecule has 0 aliphatic heterocycles. The van der Waals surface area contributed by atoms with Gasteiger partial charge in [0.25, 0.3) is 5.91 Å². The zero-order chi connectivity index (χ0) is 20.4. The van der Waals surface area contributed by atoms with Gasteiger partial charge in [-0.3, -0.25) is 9.78 Å². The predicted octanol–water partition coefficient (Wildman–Crippen LogP) is 4.58. The van der Waals surface area contributed by atoms with E-state index in [1.165, 1.54) is 16.7 Å². The van der Waals surface area contributed by atoms with E-state index >= 15 is 0 Å². The van der Waals surface area contributed by atoms with Gasteiger partial charge in [0.2, 0.25) is 0 Å². The summed E-state index contributed by atoms with van der Waals surface area (Å²) in [6, 6.07) is 16.0. The second-order valence-corrected chi connectivity index (χ2v) is 7.48. The number of nitrogens with one attached hydrogen (secondary N) is 1. The van der Waals surface area contributed by atoms with E-state index < -0.39 is 0 Å². The molecule has 0 radical (unpaired) electrons. The van der Waals surface area contributed by atoms with Crippen LogP contribution in [0.2, 0.25) is 0 Å². The number of rotatable bonds is 6. The highest BCUT2D eigenvalue weighted by Crippen LogP contribution is 2.26. The Kier molecular flexibility index (Phi) is 5.21. The van der Waals surface area contributed by atoms with Crippen LogP contribution in [0.5, 0.6) is 0 Å². The molecular formula is C24H25N3O2. The first-order valence-electron chi connectivity index (χ1n) is 9.85. The summed E-state index contributed by atoms with van der Waals surface area (Å²) in [5.41, 5.74) is 6.87. The fourth-order valence-electron chi connectivity index (χ4n) is 3.61. The van der Waals surface area contributed by atoms with Crippen molar-refractivity contribution in [1.29, 1.82) is 0 Å². The summed E-state index contributed by atoms with van der Waals surface area (Å²) in [7, 11) is 0. The topological polar surface area (TPSA) is 60.1 Å². The lowest BCUT2D eigenvalue weighted by Gasteiger charge is -2.13. The first kappa shape index (κ1) is 19.0. The number of pyridine rings is 1. The standard InChI is InChI=1S/C24H25N3O2/c1-16-7-8-17(2)19(12-16)15-27-21-13-18(3)29-23(21)14-22(27)24(28)26-11-9-20-6-4-5-10-25-20/h4-8,10,12-14H,9,11,15H2,1-3H3,(H,26,28). The summed E-state index contributed by atoms with van der Waals surface area (Å²) in [5, 5.41) is 3.02. The number of carbonyl (C=O) groups excluding carboxylic acids is 1. The van der Waals surface area contributed by atoms with Gasteiger partial charge in [-0.2, -0.15) is 0 Å². The summed E-state index contributed by atoms with van der Waals surface area (Å²) >= 11 is 0. The molecule has 3 heterocycles. The molecule has 1 amide bonds. The zero-order valence-corrected chi connectivity index (χ0v) is 17.0. The molecule has 0 spiro atoms. The summed E-state index contributed by atoms with van der Waals surface area (Å²) in [6.07, 6.45) is 2.46. The van der Waals surface area contributed by atoms with Gasteiger partial charge in [0.05, 0.1) is 5.52 Å². The van der Waals surface area contributed by atoms with Crippen LogP contribution in [-0.2, 0) is 13.0 Å². The average molecular weight is 387 g/mol. The molecule has 0 unspecified atom stereocenters. The number of amides is 1. The van der Waals surface area contributed by atoms with E-state index in [1.54, 1.807) is 6.20 Å². The van der Waals surface area contributed by atoms with E-state index in [0.717, 1.165) is 22.6 Å². The molecule has 0 saturated carbocycles. The van der Waals surface area contributed by atoms with Gasteiger partial charge in [-0.05, 0) is 44.0 Å². The molecule has 0 atom stereocenters. The Morgan fingerprint density at radius 1 is 1.10 bits per heavy atom. The van der Waals surface area contributed by atoms with Crippen molar-refractivity contribution in [1.82, 2.24) is 14.9 Å². The van der Waals surface area contributed by atoms with Crippen molar-refractivity contribution in [2.45, 2.75) is 33.7 Å². The fourth-order valence-corrected chi connectivity index (χ4v) is 3.61. The summed E-state index contributed by atoms with van der Waals surface area (Å²) in [5.74, 6) is 0.738. The Hall–Kier alpha value is -3.34. The van der Waals surface area contributed by atoms with Crippen LogP contribution < -0.4 is 5.32 Å². The zero-order valence-electron chi connectivity index (χ0n) is 17.0. The first-order valence-corrected chi connectivity index (χ1v) is 9.85. The molecule has 0 aliphatic rings. The van der Waals surface area contributed by atoms with Crippen LogP contribution >= 0.6 is 0 Å². The van der Waals surface area contributed by atoms with E-state index in [-0.39, 0.29) is 5.91 Å². The van der Waals surface area contributed by atoms with Crippen molar-refractivity contribution in [3.8, 4) is 0 Å². The number of aryl methyl sites for hydroxylation is 3. The molecule has 148 valence electrons. The van der Waals surface area contributed by atoms with Gasteiger partial charge in [-0.25, -0.2) is 0 Å². The summed E-state index contributed by atoms with van der Waals surface area (Å²) in [6.45, 7) is 7.27. The van der Waals surface area contributed by atoms with E-state index in [2.05, 4.69) is 42.3 Å². The van der Waals surface area contributed by atoms with E-state index in [0.29, 0.717) is 25.2 Å². The van der Waals surface area contributed by atoms with Crippen LogP contribution in [0.1, 0.15) is 38.6 Å². The smallest absolute Gasteiger partial charge is 0.268 e. The monoisotopic (exact) mass is 387 g/mol. The third-order valence-electron chi connectivity index (χ3n) is 5.17. The Morgan fingerprint density at radius 2 is 1.97 bits per heavy atom. The predicted molar refractivity (Wildman–Crippen MR) is 114 cm³/mol. The lowest BCUT2D eigenvalue weighted by molar-refractivity contribution is 0.0945. The van der Waals surface area contributed by atoms with Crippen molar-refractivity contribution in [3.63, 3.8) is 0 Å². The van der Waals surface area contributed by atoms with Crippen molar-refractivity contribution < 1.29 is 9.21 Å². The average Bonchev–Trinajstić information content (AvgIpc) is 3.22. The number of hydrogen-bond donors (Lipinski definition) is 1. The number of aromatic nitrogens is 2. The van der Waals surface area contributed by atoms with E-state index in [4.69, 9.17) is 4.42 Å². The molecule has 0 bridgehead atoms. The van der Waals surface area contributed by atoms with E-state index in [9.17, 15) is 4.79 Å². The molecular weight excluding hydrogens is 362 g/mol. The normalized spacial score (nSPS) is 11.1. The van der Waals surface area contributed by atoms with Gasteiger partial charge in [-0.1, -0.05) is 29.8 Å². The second-order valence-electron chi connectivity index (χ2n) is 7.48. The fraction of sp³-hybridized carbons (Fsp3) is 0.250. The van der Waals surface area contributed by atoms with Gasteiger partial charge < -0.3 is 14.3 Å². The number of furan rings is 1. The number of fused-ring (bicyclic) bond motifs is 1. The Balaban J connectivity index is 1.60. The quantitative estimate of drug-likeness (QED) is 0.527. The minimum Gasteiger partial charge on any atom is -0.460 e. The highest BCUT2D eigenvalue weighted by molar-refractivity contribution is 5.97. The van der Waals surface area contributed by atoms with Gasteiger partial charge in [0.15, 0.2) is 5.58 Å². The van der Waals surface area contributed by atoms with Crippen LogP contribution in [0.3, 0.4) is 0 Å². The third-order valence-corrected chi connectivity index (χ3v) is 5.17. The van der Waals surface area contributed by atoms with Crippen LogP contribution in [0.25, 0.3) is 11.1 Å². The van der Waals surface area contributed by atoms with Gasteiger partial charge >= 0.3 is 0 Å². The molecule has 1 N–H and O–H groups in total. The molecule has 0 saturated heterocycles. The minimum absolute atomic E-state index is 0.102. The van der Waals surface area contributed by atoms with Crippen LogP contribution in [0.4, 0.5) is 0 Å². The molecule has 3 aromatic heterocycles. The molecule has 1 aromatic carbocycles. The van der Waals surface area contributed by atoms with Crippen molar-refractivity contribution >= 4 is 17.0 Å². The molecule has 5 heteroatoms. The largest absolute Gasteiger partial charge is 0.460 e. The maximum absolute atomic E-state index is 13.0. The molecule has 4 rings (SSSR count). The number of hydrogen-bond acceptors (Lipinski definition) is 3. The third kappa shape index (κ3) is 4.09. The number of carbonyl (C=O) groups is 1. The molecule has 4 aromatic rings. The Labute approximate surface area is 170 Å². The van der Waals surface area contributed by atoms with Crippen LogP contribution in [0.15, 0.2) is 59.1 Å². The highest BCUT2D eigenvalue weighted by Gasteiger charge is 2.19.